The standard InChI is InChI=1S/C28H23ClN6O3/c1-16-2-6-24-22(8-16)26(17-9-18(28(37)38)12-30-11-17)25-7-3-19(13-35(24)25)33-27(36)21-5-4-20(10-23(21)29)34-14-31-32-15-34/h2,4-6,8-12,14-15,19H,3,7,13H2,1H3,(H,33,36)(H,37,38)/t19-/m1/s1. The molecule has 1 aliphatic heterocycles. The molecule has 5 aromatic rings. The molecule has 1 amide bonds. The van der Waals surface area contributed by atoms with Gasteiger partial charge in [-0.15, -0.1) is 10.2 Å². The smallest absolute Gasteiger partial charge is 0.337 e. The first-order chi connectivity index (χ1) is 18.4. The van der Waals surface area contributed by atoms with Crippen molar-refractivity contribution in [2.75, 3.05) is 0 Å². The minimum atomic E-state index is -1.01. The normalized spacial score (nSPS) is 14.8. The van der Waals surface area contributed by atoms with Gasteiger partial charge in [-0.25, -0.2) is 4.79 Å². The quantitative estimate of drug-likeness (QED) is 0.343. The Morgan fingerprint density at radius 2 is 1.89 bits per heavy atom. The first-order valence-corrected chi connectivity index (χ1v) is 12.5. The molecule has 0 spiro atoms. The van der Waals surface area contributed by atoms with Crippen LogP contribution in [0.15, 0.2) is 67.5 Å². The van der Waals surface area contributed by atoms with Crippen LogP contribution < -0.4 is 5.32 Å². The number of halogens is 1. The van der Waals surface area contributed by atoms with E-state index in [1.54, 1.807) is 47.7 Å². The molecule has 0 radical (unpaired) electrons. The predicted octanol–water partition coefficient (Wildman–Crippen LogP) is 4.69. The van der Waals surface area contributed by atoms with Crippen LogP contribution in [-0.2, 0) is 13.0 Å². The van der Waals surface area contributed by atoms with E-state index in [4.69, 9.17) is 11.6 Å². The van der Waals surface area contributed by atoms with Crippen LogP contribution in [0.25, 0.3) is 27.7 Å². The number of nitrogens with one attached hydrogen (secondary N) is 1. The number of aromatic nitrogens is 5. The summed E-state index contributed by atoms with van der Waals surface area (Å²) in [6.07, 6.45) is 7.65. The SMILES string of the molecule is Cc1ccc2c(c1)c(-c1cncc(C(=O)O)c1)c1n2C[C@H](NC(=O)c2ccc(-n3cnnc3)cc2Cl)CC1. The van der Waals surface area contributed by atoms with Crippen molar-refractivity contribution in [3.05, 3.63) is 94.9 Å². The Morgan fingerprint density at radius 1 is 1.08 bits per heavy atom. The fraction of sp³-hybridized carbons (Fsp3) is 0.179. The van der Waals surface area contributed by atoms with Crippen molar-refractivity contribution in [3.8, 4) is 16.8 Å². The molecule has 6 rings (SSSR count). The van der Waals surface area contributed by atoms with Gasteiger partial charge in [-0.3, -0.25) is 14.3 Å². The summed E-state index contributed by atoms with van der Waals surface area (Å²) in [6, 6.07) is 13.1. The summed E-state index contributed by atoms with van der Waals surface area (Å²) in [7, 11) is 0. The molecule has 9 nitrogen and oxygen atoms in total. The molecule has 10 heteroatoms. The third kappa shape index (κ3) is 4.20. The van der Waals surface area contributed by atoms with Crippen LogP contribution in [-0.4, -0.2) is 47.3 Å². The van der Waals surface area contributed by atoms with Gasteiger partial charge in [0.15, 0.2) is 0 Å². The van der Waals surface area contributed by atoms with Crippen molar-refractivity contribution in [2.24, 2.45) is 0 Å². The highest BCUT2D eigenvalue weighted by atomic mass is 35.5. The molecule has 0 aliphatic carbocycles. The van der Waals surface area contributed by atoms with Crippen molar-refractivity contribution in [1.29, 1.82) is 0 Å². The summed E-state index contributed by atoms with van der Waals surface area (Å²) in [5.41, 5.74) is 6.35. The number of aryl methyl sites for hydroxylation is 1. The third-order valence-electron chi connectivity index (χ3n) is 6.98. The number of amides is 1. The number of carboxylic acid groups (broad SMARTS) is 1. The molecule has 3 aromatic heterocycles. The van der Waals surface area contributed by atoms with Gasteiger partial charge in [0.1, 0.15) is 12.7 Å². The lowest BCUT2D eigenvalue weighted by molar-refractivity contribution is 0.0696. The summed E-state index contributed by atoms with van der Waals surface area (Å²) in [5.74, 6) is -1.24. The Hall–Kier alpha value is -4.50. The van der Waals surface area contributed by atoms with E-state index in [1.165, 1.54) is 6.20 Å². The fourth-order valence-electron chi connectivity index (χ4n) is 5.19. The number of carboxylic acids is 1. The maximum absolute atomic E-state index is 13.2. The number of hydrogen-bond acceptors (Lipinski definition) is 5. The number of pyridine rings is 1. The van der Waals surface area contributed by atoms with Gasteiger partial charge in [-0.05, 0) is 56.2 Å². The molecule has 0 unspecified atom stereocenters. The number of carbonyl (C=O) groups is 2. The van der Waals surface area contributed by atoms with E-state index in [9.17, 15) is 14.7 Å². The van der Waals surface area contributed by atoms with E-state index in [0.717, 1.165) is 45.4 Å². The van der Waals surface area contributed by atoms with Crippen molar-refractivity contribution >= 4 is 34.4 Å². The van der Waals surface area contributed by atoms with Gasteiger partial charge in [-0.2, -0.15) is 0 Å². The highest BCUT2D eigenvalue weighted by molar-refractivity contribution is 6.34. The zero-order valence-electron chi connectivity index (χ0n) is 20.4. The van der Waals surface area contributed by atoms with Gasteiger partial charge in [0, 0.05) is 58.4 Å². The molecule has 0 bridgehead atoms. The Morgan fingerprint density at radius 3 is 2.66 bits per heavy atom. The minimum absolute atomic E-state index is 0.100. The Bertz CT molecular complexity index is 1710. The largest absolute Gasteiger partial charge is 0.478 e. The monoisotopic (exact) mass is 526 g/mol. The molecule has 190 valence electrons. The van der Waals surface area contributed by atoms with E-state index < -0.39 is 5.97 Å². The van der Waals surface area contributed by atoms with E-state index in [0.29, 0.717) is 23.6 Å². The number of hydrogen-bond donors (Lipinski definition) is 2. The summed E-state index contributed by atoms with van der Waals surface area (Å²) in [4.78, 5) is 29.0. The second kappa shape index (κ2) is 9.42. The average Bonchev–Trinajstić information content (AvgIpc) is 3.55. The zero-order chi connectivity index (χ0) is 26.4. The second-order valence-electron chi connectivity index (χ2n) is 9.46. The Balaban J connectivity index is 1.31. The van der Waals surface area contributed by atoms with Gasteiger partial charge in [0.25, 0.3) is 5.91 Å². The molecular weight excluding hydrogens is 504 g/mol. The number of nitrogens with zero attached hydrogens (tertiary/aromatic N) is 5. The van der Waals surface area contributed by atoms with E-state index in [1.807, 2.05) is 6.92 Å². The van der Waals surface area contributed by atoms with Crippen molar-refractivity contribution in [1.82, 2.24) is 29.6 Å². The topological polar surface area (TPSA) is 115 Å². The summed E-state index contributed by atoms with van der Waals surface area (Å²) in [5, 5.41) is 21.6. The molecule has 2 N–H and O–H groups in total. The Labute approximate surface area is 222 Å². The average molecular weight is 527 g/mol. The molecule has 4 heterocycles. The minimum Gasteiger partial charge on any atom is -0.478 e. The molecule has 0 saturated carbocycles. The lowest BCUT2D eigenvalue weighted by Crippen LogP contribution is -2.41. The number of fused-ring (bicyclic) bond motifs is 3. The van der Waals surface area contributed by atoms with Gasteiger partial charge >= 0.3 is 5.97 Å². The summed E-state index contributed by atoms with van der Waals surface area (Å²) in [6.45, 7) is 2.62. The van der Waals surface area contributed by atoms with Gasteiger partial charge < -0.3 is 15.0 Å². The molecule has 0 fully saturated rings. The van der Waals surface area contributed by atoms with Crippen molar-refractivity contribution in [2.45, 2.75) is 32.4 Å². The lowest BCUT2D eigenvalue weighted by atomic mass is 9.96. The highest BCUT2D eigenvalue weighted by Gasteiger charge is 2.27. The van der Waals surface area contributed by atoms with Crippen LogP contribution in [0.3, 0.4) is 0 Å². The van der Waals surface area contributed by atoms with Crippen LogP contribution in [0.2, 0.25) is 5.02 Å². The molecule has 38 heavy (non-hydrogen) atoms. The maximum Gasteiger partial charge on any atom is 0.337 e. The number of carbonyl (C=O) groups excluding carboxylic acids is 1. The van der Waals surface area contributed by atoms with E-state index in [-0.39, 0.29) is 17.5 Å². The van der Waals surface area contributed by atoms with E-state index in [2.05, 4.69) is 43.3 Å². The van der Waals surface area contributed by atoms with Gasteiger partial charge in [0.2, 0.25) is 0 Å². The lowest BCUT2D eigenvalue weighted by Gasteiger charge is -2.27. The molecule has 2 aromatic carbocycles. The molecule has 1 aliphatic rings. The highest BCUT2D eigenvalue weighted by Crippen LogP contribution is 2.38. The first kappa shape index (κ1) is 23.9. The van der Waals surface area contributed by atoms with Crippen LogP contribution in [0.5, 0.6) is 0 Å². The van der Waals surface area contributed by atoms with Crippen LogP contribution in [0, 0.1) is 6.92 Å². The molecular formula is C28H23ClN6O3. The summed E-state index contributed by atoms with van der Waals surface area (Å²) >= 11 is 6.47. The Kier molecular flexibility index (Phi) is 5.92. The maximum atomic E-state index is 13.2. The van der Waals surface area contributed by atoms with Crippen LogP contribution >= 0.6 is 11.6 Å². The molecule has 1 atom stereocenters. The first-order valence-electron chi connectivity index (χ1n) is 12.1. The number of rotatable bonds is 5. The number of benzene rings is 2. The van der Waals surface area contributed by atoms with Gasteiger partial charge in [0.05, 0.1) is 16.1 Å². The molecule has 0 saturated heterocycles. The predicted molar refractivity (Wildman–Crippen MR) is 143 cm³/mol. The third-order valence-corrected chi connectivity index (χ3v) is 7.30. The van der Waals surface area contributed by atoms with Gasteiger partial charge in [-0.1, -0.05) is 23.2 Å². The fourth-order valence-corrected chi connectivity index (χ4v) is 5.45. The van der Waals surface area contributed by atoms with Crippen LogP contribution in [0.4, 0.5) is 0 Å². The van der Waals surface area contributed by atoms with Crippen molar-refractivity contribution in [3.63, 3.8) is 0 Å². The van der Waals surface area contributed by atoms with Crippen molar-refractivity contribution < 1.29 is 14.7 Å². The second-order valence-corrected chi connectivity index (χ2v) is 9.87. The summed E-state index contributed by atoms with van der Waals surface area (Å²) < 4.78 is 3.94. The van der Waals surface area contributed by atoms with Crippen LogP contribution in [0.1, 0.15) is 38.4 Å². The van der Waals surface area contributed by atoms with E-state index >= 15 is 0 Å². The number of aromatic carboxylic acids is 1. The zero-order valence-corrected chi connectivity index (χ0v) is 21.2.